The lowest BCUT2D eigenvalue weighted by Crippen LogP contribution is -2.11. The Labute approximate surface area is 150 Å². The SMILES string of the molecule is CCCCOc1cc(OCCCC)c2c(C)c(CCC)c(=O)oc2c1. The van der Waals surface area contributed by atoms with Gasteiger partial charge in [0.25, 0.3) is 0 Å². The molecule has 0 atom stereocenters. The summed E-state index contributed by atoms with van der Waals surface area (Å²) in [6.07, 6.45) is 5.74. The quantitative estimate of drug-likeness (QED) is 0.426. The Balaban J connectivity index is 2.51. The Morgan fingerprint density at radius 1 is 0.960 bits per heavy atom. The van der Waals surface area contributed by atoms with Crippen LogP contribution in [0.2, 0.25) is 0 Å². The Morgan fingerprint density at radius 2 is 1.64 bits per heavy atom. The summed E-state index contributed by atoms with van der Waals surface area (Å²) in [5.41, 5.74) is 2.00. The van der Waals surface area contributed by atoms with Crippen LogP contribution in [0.25, 0.3) is 11.0 Å². The van der Waals surface area contributed by atoms with Gasteiger partial charge in [-0.25, -0.2) is 4.79 Å². The number of benzene rings is 1. The maximum atomic E-state index is 12.3. The normalized spacial score (nSPS) is 11.0. The lowest BCUT2D eigenvalue weighted by Gasteiger charge is -2.15. The van der Waals surface area contributed by atoms with Crippen molar-refractivity contribution in [3.8, 4) is 11.5 Å². The highest BCUT2D eigenvalue weighted by molar-refractivity contribution is 5.89. The number of hydrogen-bond donors (Lipinski definition) is 0. The zero-order chi connectivity index (χ0) is 18.2. The van der Waals surface area contributed by atoms with Crippen LogP contribution in [0.5, 0.6) is 11.5 Å². The number of fused-ring (bicyclic) bond motifs is 1. The van der Waals surface area contributed by atoms with E-state index in [9.17, 15) is 4.79 Å². The van der Waals surface area contributed by atoms with Crippen LogP contribution in [-0.4, -0.2) is 13.2 Å². The minimum Gasteiger partial charge on any atom is -0.493 e. The third-order valence-electron chi connectivity index (χ3n) is 4.34. The second-order valence-electron chi connectivity index (χ2n) is 6.44. The lowest BCUT2D eigenvalue weighted by atomic mass is 10.0. The molecule has 4 heteroatoms. The lowest BCUT2D eigenvalue weighted by molar-refractivity contribution is 0.296. The molecule has 1 aromatic heterocycles. The Bertz CT molecular complexity index is 746. The van der Waals surface area contributed by atoms with E-state index in [1.165, 1.54) is 0 Å². The van der Waals surface area contributed by atoms with E-state index in [0.717, 1.165) is 54.4 Å². The number of rotatable bonds is 10. The summed E-state index contributed by atoms with van der Waals surface area (Å²) < 4.78 is 17.4. The van der Waals surface area contributed by atoms with Gasteiger partial charge in [-0.3, -0.25) is 0 Å². The van der Waals surface area contributed by atoms with Crippen molar-refractivity contribution in [2.45, 2.75) is 66.2 Å². The summed E-state index contributed by atoms with van der Waals surface area (Å²) in [5.74, 6) is 1.44. The van der Waals surface area contributed by atoms with E-state index in [1.807, 2.05) is 19.1 Å². The van der Waals surface area contributed by atoms with Crippen molar-refractivity contribution in [2.75, 3.05) is 13.2 Å². The largest absolute Gasteiger partial charge is 0.493 e. The first kappa shape index (κ1) is 19.4. The molecule has 0 saturated heterocycles. The van der Waals surface area contributed by atoms with E-state index in [1.54, 1.807) is 0 Å². The summed E-state index contributed by atoms with van der Waals surface area (Å²) in [7, 11) is 0. The van der Waals surface area contributed by atoms with Crippen molar-refractivity contribution in [3.05, 3.63) is 33.7 Å². The van der Waals surface area contributed by atoms with Gasteiger partial charge in [0.15, 0.2) is 0 Å². The summed E-state index contributed by atoms with van der Waals surface area (Å²) in [4.78, 5) is 12.3. The zero-order valence-corrected chi connectivity index (χ0v) is 15.9. The molecular weight excluding hydrogens is 316 g/mol. The smallest absolute Gasteiger partial charge is 0.339 e. The first-order valence-corrected chi connectivity index (χ1v) is 9.48. The van der Waals surface area contributed by atoms with Crippen molar-refractivity contribution in [2.24, 2.45) is 0 Å². The van der Waals surface area contributed by atoms with Gasteiger partial charge in [0, 0.05) is 17.7 Å². The second kappa shape index (κ2) is 9.50. The minimum atomic E-state index is -0.253. The van der Waals surface area contributed by atoms with Gasteiger partial charge in [-0.15, -0.1) is 0 Å². The summed E-state index contributed by atoms with van der Waals surface area (Å²) in [6, 6.07) is 3.73. The Morgan fingerprint density at radius 3 is 2.28 bits per heavy atom. The molecular formula is C21H30O4. The van der Waals surface area contributed by atoms with Gasteiger partial charge in [0.05, 0.1) is 18.6 Å². The van der Waals surface area contributed by atoms with Gasteiger partial charge in [-0.05, 0) is 31.7 Å². The van der Waals surface area contributed by atoms with Crippen molar-refractivity contribution in [3.63, 3.8) is 0 Å². The fourth-order valence-electron chi connectivity index (χ4n) is 2.88. The van der Waals surface area contributed by atoms with Crippen LogP contribution >= 0.6 is 0 Å². The molecule has 0 amide bonds. The van der Waals surface area contributed by atoms with Crippen molar-refractivity contribution >= 4 is 11.0 Å². The molecule has 0 unspecified atom stereocenters. The van der Waals surface area contributed by atoms with Gasteiger partial charge >= 0.3 is 5.63 Å². The van der Waals surface area contributed by atoms with Crippen LogP contribution in [0.1, 0.15) is 64.0 Å². The van der Waals surface area contributed by atoms with Crippen LogP contribution in [0.3, 0.4) is 0 Å². The maximum Gasteiger partial charge on any atom is 0.339 e. The van der Waals surface area contributed by atoms with Crippen LogP contribution < -0.4 is 15.1 Å². The third-order valence-corrected chi connectivity index (χ3v) is 4.34. The van der Waals surface area contributed by atoms with Crippen molar-refractivity contribution < 1.29 is 13.9 Å². The predicted octanol–water partition coefficient (Wildman–Crippen LogP) is 5.41. The molecule has 0 fully saturated rings. The van der Waals surface area contributed by atoms with Crippen LogP contribution in [0, 0.1) is 6.92 Å². The van der Waals surface area contributed by atoms with E-state index in [0.29, 0.717) is 31.0 Å². The van der Waals surface area contributed by atoms with Crippen LogP contribution in [0.4, 0.5) is 0 Å². The standard InChI is InChI=1S/C21H30O4/c1-5-8-11-23-16-13-18(24-12-9-6-2)20-15(4)17(10-7-3)21(22)25-19(20)14-16/h13-14H,5-12H2,1-4H3. The summed E-state index contributed by atoms with van der Waals surface area (Å²) in [6.45, 7) is 9.59. The molecule has 0 saturated carbocycles. The van der Waals surface area contributed by atoms with Gasteiger partial charge in [-0.2, -0.15) is 0 Å². The molecule has 1 aromatic carbocycles. The van der Waals surface area contributed by atoms with E-state index in [-0.39, 0.29) is 5.63 Å². The second-order valence-corrected chi connectivity index (χ2v) is 6.44. The molecule has 0 aliphatic heterocycles. The third kappa shape index (κ3) is 4.77. The Kier molecular flexibility index (Phi) is 7.35. The number of aryl methyl sites for hydroxylation is 1. The highest BCUT2D eigenvalue weighted by Crippen LogP contribution is 2.34. The topological polar surface area (TPSA) is 48.7 Å². The van der Waals surface area contributed by atoms with E-state index in [2.05, 4.69) is 20.8 Å². The van der Waals surface area contributed by atoms with Crippen molar-refractivity contribution in [1.29, 1.82) is 0 Å². The molecule has 1 heterocycles. The highest BCUT2D eigenvalue weighted by Gasteiger charge is 2.16. The van der Waals surface area contributed by atoms with Crippen molar-refractivity contribution in [1.82, 2.24) is 0 Å². The molecule has 4 nitrogen and oxygen atoms in total. The number of unbranched alkanes of at least 4 members (excludes halogenated alkanes) is 2. The van der Waals surface area contributed by atoms with E-state index in [4.69, 9.17) is 13.9 Å². The van der Waals surface area contributed by atoms with E-state index < -0.39 is 0 Å². The van der Waals surface area contributed by atoms with Gasteiger partial charge in [-0.1, -0.05) is 40.0 Å². The van der Waals surface area contributed by atoms with Gasteiger partial charge in [0.1, 0.15) is 17.1 Å². The minimum absolute atomic E-state index is 0.253. The molecule has 0 radical (unpaired) electrons. The molecule has 0 aliphatic rings. The van der Waals surface area contributed by atoms with Gasteiger partial charge < -0.3 is 13.9 Å². The fraction of sp³-hybridized carbons (Fsp3) is 0.571. The molecule has 0 spiro atoms. The maximum absolute atomic E-state index is 12.3. The van der Waals surface area contributed by atoms with Crippen LogP contribution in [0.15, 0.2) is 21.3 Å². The monoisotopic (exact) mass is 346 g/mol. The summed E-state index contributed by atoms with van der Waals surface area (Å²) >= 11 is 0. The Hall–Kier alpha value is -1.97. The highest BCUT2D eigenvalue weighted by atomic mass is 16.5. The van der Waals surface area contributed by atoms with Crippen LogP contribution in [-0.2, 0) is 6.42 Å². The fourth-order valence-corrected chi connectivity index (χ4v) is 2.88. The molecule has 0 aliphatic carbocycles. The van der Waals surface area contributed by atoms with E-state index >= 15 is 0 Å². The molecule has 0 N–H and O–H groups in total. The predicted molar refractivity (Wildman–Crippen MR) is 102 cm³/mol. The molecule has 2 rings (SSSR count). The molecule has 138 valence electrons. The average Bonchev–Trinajstić information content (AvgIpc) is 2.58. The average molecular weight is 346 g/mol. The first-order chi connectivity index (χ1) is 12.1. The zero-order valence-electron chi connectivity index (χ0n) is 15.9. The molecule has 2 aromatic rings. The number of ether oxygens (including phenoxy) is 2. The summed E-state index contributed by atoms with van der Waals surface area (Å²) in [5, 5.41) is 0.891. The molecule has 25 heavy (non-hydrogen) atoms. The molecule has 0 bridgehead atoms. The van der Waals surface area contributed by atoms with Gasteiger partial charge in [0.2, 0.25) is 0 Å². The first-order valence-electron chi connectivity index (χ1n) is 9.48. The number of hydrogen-bond acceptors (Lipinski definition) is 4.